The van der Waals surface area contributed by atoms with Gasteiger partial charge in [-0.1, -0.05) is 29.8 Å². The quantitative estimate of drug-likeness (QED) is 0.494. The first-order valence-electron chi connectivity index (χ1n) is 11.5. The molecular weight excluding hydrogens is 414 g/mol. The number of hydrogen-bond acceptors (Lipinski definition) is 4. The molecule has 0 unspecified atom stereocenters. The van der Waals surface area contributed by atoms with Gasteiger partial charge in [-0.25, -0.2) is 9.48 Å². The number of rotatable bonds is 4. The Morgan fingerprint density at radius 3 is 2.21 bits per heavy atom. The Bertz CT molecular complexity index is 1090. The average Bonchev–Trinajstić information content (AvgIpc) is 3.24. The molecule has 0 atom stereocenters. The molecule has 2 aromatic carbocycles. The molecule has 0 aliphatic carbocycles. The highest BCUT2D eigenvalue weighted by atomic mass is 16.6. The predicted molar refractivity (Wildman–Crippen MR) is 130 cm³/mol. The molecule has 1 aromatic heterocycles. The first-order valence-corrected chi connectivity index (χ1v) is 11.5. The predicted octanol–water partition coefficient (Wildman–Crippen LogP) is 5.97. The van der Waals surface area contributed by atoms with Crippen LogP contribution in [0.2, 0.25) is 0 Å². The Labute approximate surface area is 196 Å². The van der Waals surface area contributed by atoms with Gasteiger partial charge in [-0.05, 0) is 70.9 Å². The monoisotopic (exact) mass is 447 g/mol. The number of aryl methyl sites for hydroxylation is 1. The molecule has 0 bridgehead atoms. The first kappa shape index (κ1) is 22.9. The first-order chi connectivity index (χ1) is 15.7. The summed E-state index contributed by atoms with van der Waals surface area (Å²) in [7, 11) is 1.67. The molecule has 1 aliphatic rings. The van der Waals surface area contributed by atoms with Crippen LogP contribution >= 0.6 is 0 Å². The van der Waals surface area contributed by atoms with Gasteiger partial charge in [-0.2, -0.15) is 5.10 Å². The summed E-state index contributed by atoms with van der Waals surface area (Å²) in [6, 6.07) is 18.7. The largest absolute Gasteiger partial charge is 0.497 e. The molecule has 6 nitrogen and oxygen atoms in total. The van der Waals surface area contributed by atoms with E-state index in [1.807, 2.05) is 54.6 Å². The zero-order valence-electron chi connectivity index (χ0n) is 20.2. The summed E-state index contributed by atoms with van der Waals surface area (Å²) < 4.78 is 12.9. The van der Waals surface area contributed by atoms with Crippen molar-refractivity contribution in [2.24, 2.45) is 0 Å². The lowest BCUT2D eigenvalue weighted by atomic mass is 9.93. The molecule has 1 aliphatic heterocycles. The standard InChI is InChI=1S/C27H33N3O3/c1-19-6-8-21(9-7-19)25-18-24(28-30(25)22-10-12-23(32-5)13-11-22)20-14-16-29(17-15-20)26(31)33-27(2,3)4/h6-13,18,20H,14-17H2,1-5H3. The Kier molecular flexibility index (Phi) is 6.45. The van der Waals surface area contributed by atoms with E-state index in [2.05, 4.69) is 37.3 Å². The molecule has 1 fully saturated rings. The molecule has 33 heavy (non-hydrogen) atoms. The van der Waals surface area contributed by atoms with Crippen molar-refractivity contribution in [2.45, 2.75) is 52.1 Å². The fraction of sp³-hybridized carbons (Fsp3) is 0.407. The second kappa shape index (κ2) is 9.30. The summed E-state index contributed by atoms with van der Waals surface area (Å²) in [5, 5.41) is 5.03. The topological polar surface area (TPSA) is 56.6 Å². The molecule has 2 heterocycles. The maximum absolute atomic E-state index is 12.4. The Morgan fingerprint density at radius 1 is 1.00 bits per heavy atom. The van der Waals surface area contributed by atoms with Crippen molar-refractivity contribution in [1.29, 1.82) is 0 Å². The van der Waals surface area contributed by atoms with Gasteiger partial charge in [-0.3, -0.25) is 0 Å². The van der Waals surface area contributed by atoms with Crippen LogP contribution in [-0.4, -0.2) is 46.6 Å². The highest BCUT2D eigenvalue weighted by Gasteiger charge is 2.29. The molecule has 4 rings (SSSR count). The number of carbonyl (C=O) groups is 1. The minimum Gasteiger partial charge on any atom is -0.497 e. The fourth-order valence-corrected chi connectivity index (χ4v) is 4.13. The van der Waals surface area contributed by atoms with E-state index in [4.69, 9.17) is 14.6 Å². The van der Waals surface area contributed by atoms with Crippen molar-refractivity contribution >= 4 is 6.09 Å². The number of carbonyl (C=O) groups excluding carboxylic acids is 1. The fourth-order valence-electron chi connectivity index (χ4n) is 4.13. The van der Waals surface area contributed by atoms with Crippen molar-refractivity contribution in [3.05, 3.63) is 65.9 Å². The number of nitrogens with zero attached hydrogens (tertiary/aromatic N) is 3. The number of aromatic nitrogens is 2. The summed E-state index contributed by atoms with van der Waals surface area (Å²) in [6.07, 6.45) is 1.50. The molecule has 6 heteroatoms. The van der Waals surface area contributed by atoms with Crippen LogP contribution in [0.5, 0.6) is 5.75 Å². The second-order valence-electron chi connectivity index (χ2n) is 9.67. The van der Waals surface area contributed by atoms with Crippen LogP contribution in [0.3, 0.4) is 0 Å². The molecule has 1 saturated heterocycles. The number of amides is 1. The SMILES string of the molecule is COc1ccc(-n2nc(C3CCN(C(=O)OC(C)(C)C)CC3)cc2-c2ccc(C)cc2)cc1. The molecule has 3 aromatic rings. The molecule has 0 radical (unpaired) electrons. The van der Waals surface area contributed by atoms with Crippen LogP contribution in [0, 0.1) is 6.92 Å². The number of methoxy groups -OCH3 is 1. The van der Waals surface area contributed by atoms with Crippen molar-refractivity contribution in [3.8, 4) is 22.7 Å². The summed E-state index contributed by atoms with van der Waals surface area (Å²) in [4.78, 5) is 14.2. The third kappa shape index (κ3) is 5.38. The van der Waals surface area contributed by atoms with E-state index in [1.54, 1.807) is 7.11 Å². The summed E-state index contributed by atoms with van der Waals surface area (Å²) in [5.41, 5.74) is 4.98. The van der Waals surface area contributed by atoms with Gasteiger partial charge in [0.2, 0.25) is 0 Å². The molecule has 174 valence electrons. The molecule has 0 N–H and O–H groups in total. The highest BCUT2D eigenvalue weighted by Crippen LogP contribution is 2.33. The number of benzene rings is 2. The number of likely N-dealkylation sites (tertiary alicyclic amines) is 1. The van der Waals surface area contributed by atoms with Gasteiger partial charge >= 0.3 is 6.09 Å². The van der Waals surface area contributed by atoms with Crippen LogP contribution in [0.1, 0.15) is 50.8 Å². The lowest BCUT2D eigenvalue weighted by Crippen LogP contribution is -2.41. The summed E-state index contributed by atoms with van der Waals surface area (Å²) in [5.74, 6) is 1.12. The smallest absolute Gasteiger partial charge is 0.410 e. The van der Waals surface area contributed by atoms with Crippen molar-refractivity contribution in [1.82, 2.24) is 14.7 Å². The van der Waals surface area contributed by atoms with E-state index in [0.29, 0.717) is 19.0 Å². The van der Waals surface area contributed by atoms with Gasteiger partial charge < -0.3 is 14.4 Å². The zero-order valence-corrected chi connectivity index (χ0v) is 20.2. The zero-order chi connectivity index (χ0) is 23.6. The van der Waals surface area contributed by atoms with E-state index in [9.17, 15) is 4.79 Å². The van der Waals surface area contributed by atoms with Crippen molar-refractivity contribution in [2.75, 3.05) is 20.2 Å². The van der Waals surface area contributed by atoms with Crippen molar-refractivity contribution in [3.63, 3.8) is 0 Å². The van der Waals surface area contributed by atoms with Gasteiger partial charge in [-0.15, -0.1) is 0 Å². The minimum atomic E-state index is -0.478. The van der Waals surface area contributed by atoms with Gasteiger partial charge in [0.15, 0.2) is 0 Å². The van der Waals surface area contributed by atoms with Crippen LogP contribution < -0.4 is 4.74 Å². The Morgan fingerprint density at radius 2 is 1.64 bits per heavy atom. The molecular formula is C27H33N3O3. The normalized spacial score (nSPS) is 14.9. The van der Waals surface area contributed by atoms with Gasteiger partial charge in [0.25, 0.3) is 0 Å². The maximum atomic E-state index is 12.4. The molecule has 0 saturated carbocycles. The number of ether oxygens (including phenoxy) is 2. The number of piperidine rings is 1. The van der Waals surface area contributed by atoms with Gasteiger partial charge in [0, 0.05) is 24.6 Å². The lowest BCUT2D eigenvalue weighted by molar-refractivity contribution is 0.0204. The molecule has 0 spiro atoms. The van der Waals surface area contributed by atoms with E-state index in [1.165, 1.54) is 5.56 Å². The Balaban J connectivity index is 1.59. The average molecular weight is 448 g/mol. The van der Waals surface area contributed by atoms with Crippen LogP contribution in [0.15, 0.2) is 54.6 Å². The highest BCUT2D eigenvalue weighted by molar-refractivity contribution is 5.68. The number of hydrogen-bond donors (Lipinski definition) is 0. The van der Waals surface area contributed by atoms with Gasteiger partial charge in [0.05, 0.1) is 24.2 Å². The van der Waals surface area contributed by atoms with Crippen molar-refractivity contribution < 1.29 is 14.3 Å². The maximum Gasteiger partial charge on any atom is 0.410 e. The van der Waals surface area contributed by atoms with Crippen LogP contribution in [0.4, 0.5) is 4.79 Å². The Hall–Kier alpha value is -3.28. The van der Waals surface area contributed by atoms with E-state index < -0.39 is 5.60 Å². The summed E-state index contributed by atoms with van der Waals surface area (Å²) >= 11 is 0. The third-order valence-electron chi connectivity index (χ3n) is 5.96. The minimum absolute atomic E-state index is 0.231. The lowest BCUT2D eigenvalue weighted by Gasteiger charge is -2.32. The summed E-state index contributed by atoms with van der Waals surface area (Å²) in [6.45, 7) is 9.14. The second-order valence-corrected chi connectivity index (χ2v) is 9.67. The van der Waals surface area contributed by atoms with Crippen LogP contribution in [0.25, 0.3) is 16.9 Å². The van der Waals surface area contributed by atoms with E-state index in [-0.39, 0.29) is 6.09 Å². The van der Waals surface area contributed by atoms with Gasteiger partial charge in [0.1, 0.15) is 11.4 Å². The molecule has 1 amide bonds. The van der Waals surface area contributed by atoms with Crippen LogP contribution in [-0.2, 0) is 4.74 Å². The third-order valence-corrected chi connectivity index (χ3v) is 5.96. The van der Waals surface area contributed by atoms with E-state index >= 15 is 0 Å². The van der Waals surface area contributed by atoms with E-state index in [0.717, 1.165) is 41.2 Å².